The molecule has 0 saturated heterocycles. The van der Waals surface area contributed by atoms with Crippen LogP contribution < -0.4 is 16.2 Å². The Morgan fingerprint density at radius 1 is 0.906 bits per heavy atom. The van der Waals surface area contributed by atoms with E-state index in [0.717, 1.165) is 27.0 Å². The van der Waals surface area contributed by atoms with E-state index in [-0.39, 0.29) is 16.7 Å². The number of rotatable bonds is 1. The number of aromatic nitrogens is 2. The lowest BCUT2D eigenvalue weighted by atomic mass is 9.79. The zero-order valence-electron chi connectivity index (χ0n) is 18.9. The van der Waals surface area contributed by atoms with E-state index in [1.54, 1.807) is 7.05 Å². The highest BCUT2D eigenvalue weighted by Crippen LogP contribution is 2.43. The summed E-state index contributed by atoms with van der Waals surface area (Å²) in [6.45, 7) is 6.46. The summed E-state index contributed by atoms with van der Waals surface area (Å²) in [5.74, 6) is 0.119. The highest BCUT2D eigenvalue weighted by molar-refractivity contribution is 6.21. The van der Waals surface area contributed by atoms with Gasteiger partial charge in [-0.15, -0.1) is 0 Å². The Balaban J connectivity index is 1.86. The fourth-order valence-electron chi connectivity index (χ4n) is 4.79. The molecular weight excluding hydrogens is 402 g/mol. The molecule has 0 saturated carbocycles. The maximum atomic E-state index is 13.4. The van der Waals surface area contributed by atoms with E-state index >= 15 is 0 Å². The van der Waals surface area contributed by atoms with E-state index < -0.39 is 11.6 Å². The van der Waals surface area contributed by atoms with Crippen LogP contribution in [0.5, 0.6) is 0 Å². The van der Waals surface area contributed by atoms with Gasteiger partial charge in [-0.05, 0) is 22.6 Å². The van der Waals surface area contributed by atoms with E-state index in [1.807, 2.05) is 36.4 Å². The first-order chi connectivity index (χ1) is 15.1. The number of benzene rings is 2. The summed E-state index contributed by atoms with van der Waals surface area (Å²) in [7, 11) is 3.14. The summed E-state index contributed by atoms with van der Waals surface area (Å²) in [5.41, 5.74) is 4.73. The van der Waals surface area contributed by atoms with Gasteiger partial charge in [-0.1, -0.05) is 63.2 Å². The van der Waals surface area contributed by atoms with Crippen molar-refractivity contribution in [3.63, 3.8) is 0 Å². The topological polar surface area (TPSA) is 78.2 Å². The molecule has 0 spiro atoms. The normalized spacial score (nSPS) is 17.0. The highest BCUT2D eigenvalue weighted by atomic mass is 16.3. The number of aliphatic hydroxyl groups excluding tert-OH is 1. The molecule has 5 rings (SSSR count). The molecule has 2 N–H and O–H groups in total. The lowest BCUT2D eigenvalue weighted by Crippen LogP contribution is -2.73. The van der Waals surface area contributed by atoms with Gasteiger partial charge in [0.2, 0.25) is 0 Å². The maximum absolute atomic E-state index is 13.4. The van der Waals surface area contributed by atoms with Gasteiger partial charge < -0.3 is 5.11 Å². The van der Waals surface area contributed by atoms with Crippen LogP contribution in [0.3, 0.4) is 0 Å². The average molecular weight is 429 g/mol. The Bertz CT molecular complexity index is 1460. The van der Waals surface area contributed by atoms with Crippen LogP contribution in [0.15, 0.2) is 63.7 Å². The standard InChI is InChI=1S/C26H25N3O3/c1-26(2,3)15-12-10-14(11-13-15)18-19-21(16-8-6-7-9-17(16)22(19)30)27-23-20(18)24(31)29(5)25(32)28(23)4/h6-13,18,30H,1-5H3/p+1. The fourth-order valence-corrected chi connectivity index (χ4v) is 4.79. The first-order valence-electron chi connectivity index (χ1n) is 10.7. The molecule has 6 heteroatoms. The quantitative estimate of drug-likeness (QED) is 0.623. The lowest BCUT2D eigenvalue weighted by Gasteiger charge is -2.25. The zero-order valence-corrected chi connectivity index (χ0v) is 18.9. The van der Waals surface area contributed by atoms with Gasteiger partial charge in [0.1, 0.15) is 17.0 Å². The summed E-state index contributed by atoms with van der Waals surface area (Å²) >= 11 is 0. The SMILES string of the molecule is Cn1c2c(c(=O)n(C)c1=O)C(c1ccc(C(C)(C)C)cc1)C1=C(O)c3ccccc3C1=[NH+]2. The van der Waals surface area contributed by atoms with Crippen molar-refractivity contribution < 1.29 is 10.1 Å². The summed E-state index contributed by atoms with van der Waals surface area (Å²) in [5, 5.41) is 11.2. The molecule has 162 valence electrons. The van der Waals surface area contributed by atoms with E-state index in [0.29, 0.717) is 17.0 Å². The van der Waals surface area contributed by atoms with Crippen molar-refractivity contribution in [1.29, 1.82) is 0 Å². The molecule has 2 heterocycles. The maximum Gasteiger partial charge on any atom is 0.417 e. The van der Waals surface area contributed by atoms with Crippen LogP contribution in [0.2, 0.25) is 0 Å². The van der Waals surface area contributed by atoms with Crippen molar-refractivity contribution in [2.24, 2.45) is 14.1 Å². The Morgan fingerprint density at radius 2 is 1.53 bits per heavy atom. The molecule has 0 radical (unpaired) electrons. The van der Waals surface area contributed by atoms with Crippen LogP contribution >= 0.6 is 0 Å². The van der Waals surface area contributed by atoms with E-state index in [1.165, 1.54) is 17.2 Å². The zero-order chi connectivity index (χ0) is 22.9. The van der Waals surface area contributed by atoms with Gasteiger partial charge in [-0.2, -0.15) is 4.57 Å². The molecule has 0 amide bonds. The first-order valence-corrected chi connectivity index (χ1v) is 10.7. The number of nitrogens with one attached hydrogen (secondary N) is 1. The molecule has 1 aliphatic heterocycles. The van der Waals surface area contributed by atoms with Gasteiger partial charge >= 0.3 is 5.69 Å². The highest BCUT2D eigenvalue weighted by Gasteiger charge is 2.44. The average Bonchev–Trinajstić information content (AvgIpc) is 3.06. The third kappa shape index (κ3) is 2.68. The Kier molecular flexibility index (Phi) is 4.21. The third-order valence-corrected chi connectivity index (χ3v) is 6.61. The van der Waals surface area contributed by atoms with Crippen LogP contribution in [0, 0.1) is 0 Å². The van der Waals surface area contributed by atoms with Crippen LogP contribution in [0.4, 0.5) is 5.82 Å². The number of nitrogens with zero attached hydrogens (tertiary/aromatic N) is 2. The smallest absolute Gasteiger partial charge is 0.417 e. The van der Waals surface area contributed by atoms with Gasteiger partial charge in [0.25, 0.3) is 11.4 Å². The number of fused-ring (bicyclic) bond motifs is 4. The predicted molar refractivity (Wildman–Crippen MR) is 125 cm³/mol. The van der Waals surface area contributed by atoms with Gasteiger partial charge in [0, 0.05) is 18.2 Å². The molecule has 1 aromatic heterocycles. The largest absolute Gasteiger partial charge is 0.507 e. The number of hydrogen-bond acceptors (Lipinski definition) is 3. The molecule has 1 unspecified atom stereocenters. The fraction of sp³-hybridized carbons (Fsp3) is 0.269. The van der Waals surface area contributed by atoms with E-state index in [2.05, 4.69) is 37.9 Å². The van der Waals surface area contributed by atoms with Gasteiger partial charge in [0.05, 0.1) is 18.5 Å². The van der Waals surface area contributed by atoms with Crippen LogP contribution in [0.1, 0.15) is 54.5 Å². The number of allylic oxidation sites excluding steroid dienone is 1. The summed E-state index contributed by atoms with van der Waals surface area (Å²) in [4.78, 5) is 29.3. The van der Waals surface area contributed by atoms with Crippen LogP contribution in [-0.2, 0) is 19.5 Å². The van der Waals surface area contributed by atoms with Crippen LogP contribution in [-0.4, -0.2) is 20.0 Å². The van der Waals surface area contributed by atoms with Gasteiger partial charge in [0.15, 0.2) is 0 Å². The second-order valence-corrected chi connectivity index (χ2v) is 9.58. The molecule has 2 aliphatic rings. The summed E-state index contributed by atoms with van der Waals surface area (Å²) in [6, 6.07) is 15.8. The minimum atomic E-state index is -0.506. The van der Waals surface area contributed by atoms with E-state index in [4.69, 9.17) is 0 Å². The molecule has 3 aromatic rings. The molecule has 2 aromatic carbocycles. The van der Waals surface area contributed by atoms with Crippen molar-refractivity contribution in [2.45, 2.75) is 32.1 Å². The molecule has 1 atom stereocenters. The molecule has 32 heavy (non-hydrogen) atoms. The number of hydrogen-bond donors (Lipinski definition) is 2. The monoisotopic (exact) mass is 428 g/mol. The predicted octanol–water partition coefficient (Wildman–Crippen LogP) is 2.01. The molecule has 6 nitrogen and oxygen atoms in total. The minimum Gasteiger partial charge on any atom is -0.507 e. The van der Waals surface area contributed by atoms with Crippen molar-refractivity contribution in [3.8, 4) is 0 Å². The van der Waals surface area contributed by atoms with Gasteiger partial charge in [-0.25, -0.2) is 14.4 Å². The van der Waals surface area contributed by atoms with Crippen molar-refractivity contribution >= 4 is 17.3 Å². The Labute approximate surface area is 185 Å². The Morgan fingerprint density at radius 3 is 2.16 bits per heavy atom. The molecule has 0 bridgehead atoms. The third-order valence-electron chi connectivity index (χ3n) is 6.61. The van der Waals surface area contributed by atoms with Crippen molar-refractivity contribution in [3.05, 3.63) is 103 Å². The molecule has 1 aliphatic carbocycles. The second-order valence-electron chi connectivity index (χ2n) is 9.58. The Hall–Kier alpha value is -3.67. The molecule has 0 fully saturated rings. The van der Waals surface area contributed by atoms with Gasteiger partial charge in [-0.3, -0.25) is 4.79 Å². The summed E-state index contributed by atoms with van der Waals surface area (Å²) < 4.78 is 2.59. The lowest BCUT2D eigenvalue weighted by molar-refractivity contribution is -0.364. The second kappa shape index (κ2) is 6.66. The minimum absolute atomic E-state index is 0.00707. The number of aliphatic hydroxyl groups is 1. The van der Waals surface area contributed by atoms with E-state index in [9.17, 15) is 14.7 Å². The van der Waals surface area contributed by atoms with Crippen LogP contribution in [0.25, 0.3) is 5.76 Å². The van der Waals surface area contributed by atoms with Crippen molar-refractivity contribution in [2.75, 3.05) is 0 Å². The summed E-state index contributed by atoms with van der Waals surface area (Å²) in [6.07, 6.45) is 0. The molecular formula is C26H26N3O3+. The van der Waals surface area contributed by atoms with Crippen molar-refractivity contribution in [1.82, 2.24) is 9.13 Å². The first kappa shape index (κ1) is 20.2.